The van der Waals surface area contributed by atoms with Crippen molar-refractivity contribution >= 4 is 28.5 Å². The molecule has 5 heteroatoms. The van der Waals surface area contributed by atoms with Gasteiger partial charge in [0.25, 0.3) is 0 Å². The van der Waals surface area contributed by atoms with Crippen molar-refractivity contribution in [1.82, 2.24) is 6.15 Å². The van der Waals surface area contributed by atoms with Crippen LogP contribution < -0.4 is 11.6 Å². The van der Waals surface area contributed by atoms with Gasteiger partial charge in [-0.15, -0.1) is 0 Å². The number of halogens is 1. The van der Waals surface area contributed by atoms with E-state index in [0.29, 0.717) is 5.46 Å². The molecule has 0 saturated heterocycles. The molecule has 0 saturated carbocycles. The van der Waals surface area contributed by atoms with Gasteiger partial charge in [0.05, 0.1) is 0 Å². The van der Waals surface area contributed by atoms with Gasteiger partial charge in [0.1, 0.15) is 0 Å². The summed E-state index contributed by atoms with van der Waals surface area (Å²) in [7, 11) is -1.38. The Labute approximate surface area is 86.6 Å². The fourth-order valence-electron chi connectivity index (χ4n) is 1.08. The average molecular weight is 243 g/mol. The maximum atomic E-state index is 8.96. The summed E-state index contributed by atoms with van der Waals surface area (Å²) in [6.45, 7) is 3.76. The molecule has 13 heavy (non-hydrogen) atoms. The molecule has 1 rings (SSSR count). The third kappa shape index (κ3) is 2.81. The molecular formula is C8H10BBrNO2. The Bertz CT molecular complexity index is 304. The zero-order valence-electron chi connectivity index (χ0n) is 7.45. The van der Waals surface area contributed by atoms with E-state index in [9.17, 15) is 0 Å². The Morgan fingerprint density at radius 3 is 2.15 bits per heavy atom. The minimum Gasteiger partial charge on any atom is -0.423 e. The molecule has 3 nitrogen and oxygen atoms in total. The molecular weight excluding hydrogens is 233 g/mol. The van der Waals surface area contributed by atoms with E-state index in [1.54, 1.807) is 6.07 Å². The van der Waals surface area contributed by atoms with Gasteiger partial charge < -0.3 is 10.0 Å². The van der Waals surface area contributed by atoms with Gasteiger partial charge in [0, 0.05) is 10.6 Å². The Hall–Kier alpha value is -0.355. The highest BCUT2D eigenvalue weighted by Crippen LogP contribution is 2.15. The second-order valence-electron chi connectivity index (χ2n) is 2.83. The van der Waals surface area contributed by atoms with E-state index >= 15 is 0 Å². The molecule has 3 radical (unpaired) electrons. The molecule has 1 aromatic carbocycles. The summed E-state index contributed by atoms with van der Waals surface area (Å²) in [5, 5.41) is 17.9. The number of hydrogen-bond acceptors (Lipinski definition) is 2. The number of nitrogens with zero attached hydrogens (tertiary/aromatic N) is 1. The van der Waals surface area contributed by atoms with E-state index < -0.39 is 7.12 Å². The summed E-state index contributed by atoms with van der Waals surface area (Å²) in [6.07, 6.45) is 0. The molecule has 0 unspecified atom stereocenters. The number of hydrogen-bond donors (Lipinski definition) is 2. The van der Waals surface area contributed by atoms with Crippen LogP contribution in [0.5, 0.6) is 0 Å². The SMILES string of the molecule is Cc1cc(B(O)O)c(C)cc1Br.[N]. The molecule has 2 N–H and O–H groups in total. The first-order valence-corrected chi connectivity index (χ1v) is 4.44. The van der Waals surface area contributed by atoms with Crippen LogP contribution in [0.15, 0.2) is 16.6 Å². The Balaban J connectivity index is 0.00000144. The summed E-state index contributed by atoms with van der Waals surface area (Å²) in [6, 6.07) is 3.65. The first-order chi connectivity index (χ1) is 5.52. The number of rotatable bonds is 1. The van der Waals surface area contributed by atoms with Crippen LogP contribution in [-0.2, 0) is 0 Å². The third-order valence-electron chi connectivity index (χ3n) is 1.83. The van der Waals surface area contributed by atoms with Crippen molar-refractivity contribution in [2.24, 2.45) is 0 Å². The lowest BCUT2D eigenvalue weighted by molar-refractivity contribution is 0.425. The molecule has 0 aliphatic heterocycles. The van der Waals surface area contributed by atoms with Crippen molar-refractivity contribution < 1.29 is 10.0 Å². The monoisotopic (exact) mass is 242 g/mol. The quantitative estimate of drug-likeness (QED) is 0.694. The summed E-state index contributed by atoms with van der Waals surface area (Å²) >= 11 is 3.37. The Kier molecular flexibility index (Phi) is 4.63. The molecule has 0 amide bonds. The normalized spacial score (nSPS) is 9.31. The van der Waals surface area contributed by atoms with Crippen molar-refractivity contribution in [3.05, 3.63) is 27.7 Å². The molecule has 69 valence electrons. The van der Waals surface area contributed by atoms with Crippen LogP contribution in [0.2, 0.25) is 0 Å². The minimum atomic E-state index is -1.38. The lowest BCUT2D eigenvalue weighted by Gasteiger charge is -2.07. The number of benzene rings is 1. The molecule has 1 aromatic rings. The van der Waals surface area contributed by atoms with E-state index in [1.807, 2.05) is 19.9 Å². The molecule has 0 heterocycles. The number of aryl methyl sites for hydroxylation is 2. The van der Waals surface area contributed by atoms with Crippen LogP contribution in [0.25, 0.3) is 0 Å². The molecule has 0 spiro atoms. The third-order valence-corrected chi connectivity index (χ3v) is 2.68. The molecule has 0 aromatic heterocycles. The van der Waals surface area contributed by atoms with Crippen LogP contribution in [-0.4, -0.2) is 17.2 Å². The standard InChI is InChI=1S/C8H10BBrO2.N/c1-5-4-8(10)6(2)3-7(5)9(11)12;/h3-4,11-12H,1-2H3;. The topological polar surface area (TPSA) is 71.0 Å². The van der Waals surface area contributed by atoms with Gasteiger partial charge in [-0.05, 0) is 30.9 Å². The zero-order valence-corrected chi connectivity index (χ0v) is 9.04. The van der Waals surface area contributed by atoms with Gasteiger partial charge in [0.15, 0.2) is 0 Å². The first kappa shape index (κ1) is 12.6. The fourth-order valence-corrected chi connectivity index (χ4v) is 1.54. The Morgan fingerprint density at radius 1 is 1.15 bits per heavy atom. The summed E-state index contributed by atoms with van der Waals surface area (Å²) in [5.41, 5.74) is 2.45. The largest absolute Gasteiger partial charge is 0.488 e. The average Bonchev–Trinajstić information content (AvgIpc) is 1.96. The van der Waals surface area contributed by atoms with Gasteiger partial charge in [-0.3, -0.25) is 0 Å². The molecule has 0 atom stereocenters. The van der Waals surface area contributed by atoms with Crippen molar-refractivity contribution in [2.45, 2.75) is 13.8 Å². The van der Waals surface area contributed by atoms with Crippen molar-refractivity contribution in [3.8, 4) is 0 Å². The summed E-state index contributed by atoms with van der Waals surface area (Å²) in [4.78, 5) is 0. The minimum absolute atomic E-state index is 0. The highest BCUT2D eigenvalue weighted by molar-refractivity contribution is 9.10. The highest BCUT2D eigenvalue weighted by Gasteiger charge is 2.14. The second-order valence-corrected chi connectivity index (χ2v) is 3.69. The van der Waals surface area contributed by atoms with Crippen LogP contribution in [0, 0.1) is 13.8 Å². The highest BCUT2D eigenvalue weighted by atomic mass is 79.9. The first-order valence-electron chi connectivity index (χ1n) is 3.65. The predicted octanol–water partition coefficient (Wildman–Crippen LogP) is 0.265. The lowest BCUT2D eigenvalue weighted by Crippen LogP contribution is -2.32. The van der Waals surface area contributed by atoms with Gasteiger partial charge in [-0.25, -0.2) is 0 Å². The van der Waals surface area contributed by atoms with E-state index in [1.165, 1.54) is 0 Å². The zero-order chi connectivity index (χ0) is 9.30. The van der Waals surface area contributed by atoms with E-state index in [-0.39, 0.29) is 6.15 Å². The van der Waals surface area contributed by atoms with Gasteiger partial charge >= 0.3 is 7.12 Å². The van der Waals surface area contributed by atoms with Crippen molar-refractivity contribution in [1.29, 1.82) is 0 Å². The molecule has 0 fully saturated rings. The summed E-state index contributed by atoms with van der Waals surface area (Å²) in [5.74, 6) is 0. The summed E-state index contributed by atoms with van der Waals surface area (Å²) < 4.78 is 0.990. The van der Waals surface area contributed by atoms with E-state index in [0.717, 1.165) is 15.6 Å². The predicted molar refractivity (Wildman–Crippen MR) is 55.6 cm³/mol. The van der Waals surface area contributed by atoms with Crippen LogP contribution in [0.3, 0.4) is 0 Å². The maximum absolute atomic E-state index is 8.96. The van der Waals surface area contributed by atoms with Gasteiger partial charge in [0.2, 0.25) is 0 Å². The smallest absolute Gasteiger partial charge is 0.423 e. The molecule has 0 aliphatic rings. The molecule has 0 bridgehead atoms. The maximum Gasteiger partial charge on any atom is 0.488 e. The van der Waals surface area contributed by atoms with Crippen LogP contribution in [0.4, 0.5) is 0 Å². The van der Waals surface area contributed by atoms with Crippen LogP contribution >= 0.6 is 15.9 Å². The van der Waals surface area contributed by atoms with Crippen molar-refractivity contribution in [2.75, 3.05) is 0 Å². The lowest BCUT2D eigenvalue weighted by atomic mass is 9.77. The van der Waals surface area contributed by atoms with Crippen LogP contribution in [0.1, 0.15) is 11.1 Å². The fraction of sp³-hybridized carbons (Fsp3) is 0.250. The van der Waals surface area contributed by atoms with E-state index in [2.05, 4.69) is 15.9 Å². The van der Waals surface area contributed by atoms with E-state index in [4.69, 9.17) is 10.0 Å². The molecule has 0 aliphatic carbocycles. The van der Waals surface area contributed by atoms with Gasteiger partial charge in [-0.1, -0.05) is 27.6 Å². The van der Waals surface area contributed by atoms with Crippen molar-refractivity contribution in [3.63, 3.8) is 0 Å². The Morgan fingerprint density at radius 2 is 1.69 bits per heavy atom. The van der Waals surface area contributed by atoms with Gasteiger partial charge in [-0.2, -0.15) is 0 Å². The second kappa shape index (κ2) is 4.76.